The molecule has 7 heteroatoms. The third kappa shape index (κ3) is 2.56. The van der Waals surface area contributed by atoms with Gasteiger partial charge in [0.1, 0.15) is 5.69 Å². The van der Waals surface area contributed by atoms with E-state index in [-0.39, 0.29) is 11.9 Å². The van der Waals surface area contributed by atoms with Crippen LogP contribution in [0.1, 0.15) is 45.8 Å². The van der Waals surface area contributed by atoms with Gasteiger partial charge in [-0.2, -0.15) is 4.68 Å². The van der Waals surface area contributed by atoms with Crippen molar-refractivity contribution in [2.24, 2.45) is 0 Å². The molecule has 0 N–H and O–H groups in total. The summed E-state index contributed by atoms with van der Waals surface area (Å²) in [5.41, 5.74) is 4.71. The topological polar surface area (TPSA) is 76.8 Å². The van der Waals surface area contributed by atoms with Crippen LogP contribution in [-0.2, 0) is 6.42 Å². The lowest BCUT2D eigenvalue weighted by Crippen LogP contribution is -2.39. The minimum atomic E-state index is -0.142. The molecule has 1 atom stereocenters. The van der Waals surface area contributed by atoms with Crippen LogP contribution in [0.5, 0.6) is 0 Å². The van der Waals surface area contributed by atoms with Crippen molar-refractivity contribution < 1.29 is 4.79 Å². The number of fused-ring (bicyclic) bond motifs is 1. The van der Waals surface area contributed by atoms with Crippen LogP contribution in [0, 0.1) is 13.8 Å². The Bertz CT molecular complexity index is 965. The summed E-state index contributed by atoms with van der Waals surface area (Å²) >= 11 is 0. The van der Waals surface area contributed by atoms with Gasteiger partial charge in [0.2, 0.25) is 0 Å². The second-order valence-corrected chi connectivity index (χ2v) is 6.57. The van der Waals surface area contributed by atoms with Crippen molar-refractivity contribution in [1.29, 1.82) is 0 Å². The Balaban J connectivity index is 1.67. The number of carbonyl (C=O) groups is 1. The number of nitrogens with zero attached hydrogens (tertiary/aromatic N) is 6. The van der Waals surface area contributed by atoms with E-state index in [1.807, 2.05) is 43.9 Å². The molecule has 0 saturated carbocycles. The molecule has 7 nitrogen and oxygen atoms in total. The Morgan fingerprint density at radius 3 is 2.85 bits per heavy atom. The summed E-state index contributed by atoms with van der Waals surface area (Å²) in [4.78, 5) is 23.4. The van der Waals surface area contributed by atoms with Gasteiger partial charge in [0.25, 0.3) is 5.91 Å². The van der Waals surface area contributed by atoms with Gasteiger partial charge < -0.3 is 4.90 Å². The zero-order valence-corrected chi connectivity index (χ0v) is 15.0. The molecule has 1 aliphatic rings. The van der Waals surface area contributed by atoms with Crippen LogP contribution in [0.3, 0.4) is 0 Å². The Hall–Kier alpha value is -3.09. The van der Waals surface area contributed by atoms with Crippen LogP contribution < -0.4 is 0 Å². The third-order valence-electron chi connectivity index (χ3n) is 5.11. The minimum Gasteiger partial charge on any atom is -0.330 e. The third-order valence-corrected chi connectivity index (χ3v) is 5.11. The average molecular weight is 348 g/mol. The monoisotopic (exact) mass is 348 g/mol. The largest absolute Gasteiger partial charge is 0.330 e. The molecule has 132 valence electrons. The Labute approximate surface area is 151 Å². The van der Waals surface area contributed by atoms with Crippen molar-refractivity contribution in [3.05, 3.63) is 64.9 Å². The van der Waals surface area contributed by atoms with Crippen LogP contribution >= 0.6 is 0 Å². The number of aromatic nitrogens is 5. The summed E-state index contributed by atoms with van der Waals surface area (Å²) in [6, 6.07) is 5.70. The van der Waals surface area contributed by atoms with Gasteiger partial charge in [-0.15, -0.1) is 5.10 Å². The predicted octanol–water partition coefficient (Wildman–Crippen LogP) is 2.43. The van der Waals surface area contributed by atoms with E-state index in [2.05, 4.69) is 20.3 Å². The molecular formula is C19H20N6O. The fourth-order valence-corrected chi connectivity index (χ4v) is 3.44. The van der Waals surface area contributed by atoms with E-state index in [4.69, 9.17) is 0 Å². The van der Waals surface area contributed by atoms with Gasteiger partial charge in [0, 0.05) is 30.9 Å². The molecule has 1 aromatic carbocycles. The second kappa shape index (κ2) is 6.33. The first-order chi connectivity index (χ1) is 12.6. The van der Waals surface area contributed by atoms with Crippen LogP contribution in [-0.4, -0.2) is 42.3 Å². The van der Waals surface area contributed by atoms with Crippen molar-refractivity contribution in [1.82, 2.24) is 29.9 Å². The molecule has 0 bridgehead atoms. The first kappa shape index (κ1) is 16.4. The molecule has 1 unspecified atom stereocenters. The molecule has 26 heavy (non-hydrogen) atoms. The molecular weight excluding hydrogens is 328 g/mol. The normalized spacial score (nSPS) is 16.4. The number of amides is 1. The lowest BCUT2D eigenvalue weighted by molar-refractivity contribution is 0.0671. The summed E-state index contributed by atoms with van der Waals surface area (Å²) < 4.78 is 1.72. The highest BCUT2D eigenvalue weighted by Gasteiger charge is 2.33. The lowest BCUT2D eigenvalue weighted by atomic mass is 9.99. The summed E-state index contributed by atoms with van der Waals surface area (Å²) in [5, 5.41) is 8.57. The second-order valence-electron chi connectivity index (χ2n) is 6.57. The Morgan fingerprint density at radius 2 is 2.08 bits per heavy atom. The molecule has 2 aromatic heterocycles. The van der Waals surface area contributed by atoms with E-state index in [0.29, 0.717) is 18.8 Å². The number of carbonyl (C=O) groups excluding carboxylic acids is 1. The van der Waals surface area contributed by atoms with Crippen molar-refractivity contribution in [2.75, 3.05) is 6.54 Å². The highest BCUT2D eigenvalue weighted by atomic mass is 16.2. The van der Waals surface area contributed by atoms with E-state index in [1.165, 1.54) is 0 Å². The molecule has 0 fully saturated rings. The quantitative estimate of drug-likeness (QED) is 0.711. The van der Waals surface area contributed by atoms with E-state index < -0.39 is 0 Å². The van der Waals surface area contributed by atoms with Crippen LogP contribution in [0.2, 0.25) is 0 Å². The predicted molar refractivity (Wildman–Crippen MR) is 96.0 cm³/mol. The zero-order valence-electron chi connectivity index (χ0n) is 15.0. The van der Waals surface area contributed by atoms with Crippen molar-refractivity contribution in [3.8, 4) is 5.82 Å². The molecule has 0 spiro atoms. The molecule has 1 aliphatic heterocycles. The molecule has 0 aliphatic carbocycles. The maximum Gasteiger partial charge on any atom is 0.254 e. The molecule has 3 aromatic rings. The zero-order chi connectivity index (χ0) is 18.3. The van der Waals surface area contributed by atoms with Crippen molar-refractivity contribution in [2.45, 2.75) is 33.2 Å². The minimum absolute atomic E-state index is 0.0402. The number of hydrogen-bond donors (Lipinski definition) is 0. The van der Waals surface area contributed by atoms with Gasteiger partial charge in [-0.05, 0) is 38.0 Å². The molecule has 3 heterocycles. The smallest absolute Gasteiger partial charge is 0.254 e. The van der Waals surface area contributed by atoms with Gasteiger partial charge in [-0.1, -0.05) is 17.3 Å². The summed E-state index contributed by atoms with van der Waals surface area (Å²) in [6.07, 6.45) is 5.60. The van der Waals surface area contributed by atoms with E-state index >= 15 is 0 Å². The first-order valence-electron chi connectivity index (χ1n) is 8.66. The molecule has 1 amide bonds. The summed E-state index contributed by atoms with van der Waals surface area (Å²) in [6.45, 7) is 6.63. The maximum atomic E-state index is 13.1. The number of aryl methyl sites for hydroxylation is 1. The highest BCUT2D eigenvalue weighted by molar-refractivity contribution is 5.96. The highest BCUT2D eigenvalue weighted by Crippen LogP contribution is 2.30. The Morgan fingerprint density at radius 1 is 1.23 bits per heavy atom. The fraction of sp³-hybridized carbons (Fsp3) is 0.316. The number of hydrogen-bond acceptors (Lipinski definition) is 5. The van der Waals surface area contributed by atoms with Crippen LogP contribution in [0.25, 0.3) is 5.82 Å². The molecule has 0 saturated heterocycles. The maximum absolute atomic E-state index is 13.1. The van der Waals surface area contributed by atoms with Crippen LogP contribution in [0.15, 0.2) is 36.8 Å². The van der Waals surface area contributed by atoms with Gasteiger partial charge >= 0.3 is 0 Å². The Kier molecular flexibility index (Phi) is 3.99. The van der Waals surface area contributed by atoms with Gasteiger partial charge in [-0.25, -0.2) is 4.98 Å². The SMILES string of the molecule is Cc1cccc(C(=O)N2CCc3c(nnn3-c3cnccn3)C2C)c1C. The first-order valence-corrected chi connectivity index (χ1v) is 8.66. The van der Waals surface area contributed by atoms with Gasteiger partial charge in [0.15, 0.2) is 5.82 Å². The van der Waals surface area contributed by atoms with E-state index in [1.54, 1.807) is 23.3 Å². The summed E-state index contributed by atoms with van der Waals surface area (Å²) in [7, 11) is 0. The number of rotatable bonds is 2. The van der Waals surface area contributed by atoms with Crippen molar-refractivity contribution >= 4 is 5.91 Å². The van der Waals surface area contributed by atoms with Crippen LogP contribution in [0.4, 0.5) is 0 Å². The molecule has 4 rings (SSSR count). The lowest BCUT2D eigenvalue weighted by Gasteiger charge is -2.33. The van der Waals surface area contributed by atoms with Gasteiger partial charge in [0.05, 0.1) is 17.9 Å². The fourth-order valence-electron chi connectivity index (χ4n) is 3.44. The molecule has 0 radical (unpaired) electrons. The van der Waals surface area contributed by atoms with E-state index in [0.717, 1.165) is 28.1 Å². The van der Waals surface area contributed by atoms with E-state index in [9.17, 15) is 4.79 Å². The van der Waals surface area contributed by atoms with Crippen molar-refractivity contribution in [3.63, 3.8) is 0 Å². The van der Waals surface area contributed by atoms with Gasteiger partial charge in [-0.3, -0.25) is 9.78 Å². The summed E-state index contributed by atoms with van der Waals surface area (Å²) in [5.74, 6) is 0.682. The standard InChI is InChI=1S/C19H20N6O/c1-12-5-4-6-15(13(12)2)19(26)24-10-7-16-18(14(24)3)22-23-25(16)17-11-20-8-9-21-17/h4-6,8-9,11,14H,7,10H2,1-3H3. The average Bonchev–Trinajstić information content (AvgIpc) is 3.09. The number of benzene rings is 1.